The molecule has 1 aromatic heterocycles. The molecule has 1 aromatic carbocycles. The average molecular weight is 279 g/mol. The Balaban J connectivity index is 2.23. The zero-order valence-electron chi connectivity index (χ0n) is 8.56. The van der Waals surface area contributed by atoms with Crippen LogP contribution in [0.25, 0.3) is 5.69 Å². The SMILES string of the molecule is O=C(CBr)Nc1cccc(-n2cccc2)c1. The highest BCUT2D eigenvalue weighted by Gasteiger charge is 2.01. The Morgan fingerprint density at radius 1 is 1.25 bits per heavy atom. The molecule has 0 radical (unpaired) electrons. The highest BCUT2D eigenvalue weighted by atomic mass is 79.9. The molecular weight excluding hydrogens is 268 g/mol. The van der Waals surface area contributed by atoms with Crippen LogP contribution in [0.3, 0.4) is 0 Å². The summed E-state index contributed by atoms with van der Waals surface area (Å²) in [4.78, 5) is 11.2. The maximum absolute atomic E-state index is 11.2. The molecule has 82 valence electrons. The summed E-state index contributed by atoms with van der Waals surface area (Å²) in [6.07, 6.45) is 3.93. The molecule has 0 atom stereocenters. The number of carbonyl (C=O) groups is 1. The van der Waals surface area contributed by atoms with E-state index < -0.39 is 0 Å². The number of aromatic nitrogens is 1. The van der Waals surface area contributed by atoms with Crippen LogP contribution in [0.15, 0.2) is 48.8 Å². The lowest BCUT2D eigenvalue weighted by atomic mass is 10.2. The topological polar surface area (TPSA) is 34.0 Å². The highest BCUT2D eigenvalue weighted by Crippen LogP contribution is 2.14. The summed E-state index contributed by atoms with van der Waals surface area (Å²) < 4.78 is 1.99. The second-order valence-corrected chi connectivity index (χ2v) is 3.88. The van der Waals surface area contributed by atoms with E-state index in [-0.39, 0.29) is 5.91 Å². The van der Waals surface area contributed by atoms with E-state index in [0.29, 0.717) is 5.33 Å². The molecule has 0 saturated carbocycles. The minimum atomic E-state index is -0.0512. The first-order valence-corrected chi connectivity index (χ1v) is 6.01. The van der Waals surface area contributed by atoms with Gasteiger partial charge in [0.2, 0.25) is 5.91 Å². The molecule has 0 aliphatic rings. The van der Waals surface area contributed by atoms with Gasteiger partial charge in [-0.15, -0.1) is 0 Å². The maximum atomic E-state index is 11.2. The van der Waals surface area contributed by atoms with Crippen molar-refractivity contribution in [1.29, 1.82) is 0 Å². The van der Waals surface area contributed by atoms with Crippen molar-refractivity contribution in [1.82, 2.24) is 4.57 Å². The molecule has 0 spiro atoms. The van der Waals surface area contributed by atoms with Crippen LogP contribution in [-0.2, 0) is 4.79 Å². The normalized spacial score (nSPS) is 10.1. The summed E-state index contributed by atoms with van der Waals surface area (Å²) in [6, 6.07) is 11.6. The van der Waals surface area contributed by atoms with Gasteiger partial charge in [0.1, 0.15) is 0 Å². The number of benzene rings is 1. The number of anilines is 1. The van der Waals surface area contributed by atoms with Crippen LogP contribution in [0.1, 0.15) is 0 Å². The largest absolute Gasteiger partial charge is 0.325 e. The van der Waals surface area contributed by atoms with E-state index in [1.54, 1.807) is 0 Å². The molecule has 2 rings (SSSR count). The van der Waals surface area contributed by atoms with Crippen molar-refractivity contribution < 1.29 is 4.79 Å². The number of carbonyl (C=O) groups excluding carboxylic acids is 1. The van der Waals surface area contributed by atoms with Crippen LogP contribution in [0.4, 0.5) is 5.69 Å². The summed E-state index contributed by atoms with van der Waals surface area (Å²) in [5.74, 6) is -0.0512. The fourth-order valence-corrected chi connectivity index (χ4v) is 1.59. The van der Waals surface area contributed by atoms with Crippen molar-refractivity contribution >= 4 is 27.5 Å². The molecule has 1 N–H and O–H groups in total. The Morgan fingerprint density at radius 3 is 2.69 bits per heavy atom. The predicted octanol–water partition coefficient (Wildman–Crippen LogP) is 2.81. The third-order valence-corrected chi connectivity index (χ3v) is 2.66. The van der Waals surface area contributed by atoms with Crippen molar-refractivity contribution in [3.63, 3.8) is 0 Å². The monoisotopic (exact) mass is 278 g/mol. The number of alkyl halides is 1. The van der Waals surface area contributed by atoms with Crippen LogP contribution >= 0.6 is 15.9 Å². The van der Waals surface area contributed by atoms with Gasteiger partial charge >= 0.3 is 0 Å². The lowest BCUT2D eigenvalue weighted by Gasteiger charge is -2.07. The Hall–Kier alpha value is -1.55. The maximum Gasteiger partial charge on any atom is 0.235 e. The molecular formula is C12H11BrN2O. The molecule has 0 saturated heterocycles. The van der Waals surface area contributed by atoms with E-state index in [2.05, 4.69) is 21.2 Å². The van der Waals surface area contributed by atoms with Gasteiger partial charge < -0.3 is 9.88 Å². The third-order valence-electron chi connectivity index (χ3n) is 2.15. The second-order valence-electron chi connectivity index (χ2n) is 3.32. The van der Waals surface area contributed by atoms with Crippen molar-refractivity contribution in [3.8, 4) is 5.69 Å². The summed E-state index contributed by atoms with van der Waals surface area (Å²) in [6.45, 7) is 0. The van der Waals surface area contributed by atoms with E-state index in [1.807, 2.05) is 53.4 Å². The highest BCUT2D eigenvalue weighted by molar-refractivity contribution is 9.09. The molecule has 1 amide bonds. The van der Waals surface area contributed by atoms with Crippen molar-refractivity contribution in [3.05, 3.63) is 48.8 Å². The molecule has 3 nitrogen and oxygen atoms in total. The molecule has 0 unspecified atom stereocenters. The van der Waals surface area contributed by atoms with Crippen LogP contribution in [0.2, 0.25) is 0 Å². The van der Waals surface area contributed by atoms with E-state index >= 15 is 0 Å². The van der Waals surface area contributed by atoms with E-state index in [0.717, 1.165) is 11.4 Å². The van der Waals surface area contributed by atoms with Crippen molar-refractivity contribution in [2.45, 2.75) is 0 Å². The van der Waals surface area contributed by atoms with Gasteiger partial charge in [-0.2, -0.15) is 0 Å². The average Bonchev–Trinajstić information content (AvgIpc) is 2.83. The van der Waals surface area contributed by atoms with Crippen molar-refractivity contribution in [2.75, 3.05) is 10.6 Å². The van der Waals surface area contributed by atoms with Gasteiger partial charge in [-0.05, 0) is 30.3 Å². The molecule has 0 fully saturated rings. The van der Waals surface area contributed by atoms with Gasteiger partial charge in [0, 0.05) is 23.8 Å². The minimum Gasteiger partial charge on any atom is -0.325 e. The Morgan fingerprint density at radius 2 is 2.00 bits per heavy atom. The number of nitrogens with one attached hydrogen (secondary N) is 1. The van der Waals surface area contributed by atoms with E-state index in [9.17, 15) is 4.79 Å². The zero-order valence-corrected chi connectivity index (χ0v) is 10.1. The standard InChI is InChI=1S/C12H11BrN2O/c13-9-12(16)14-10-4-3-5-11(8-10)15-6-1-2-7-15/h1-8H,9H2,(H,14,16). The lowest BCUT2D eigenvalue weighted by molar-refractivity contribution is -0.113. The number of hydrogen-bond donors (Lipinski definition) is 1. The van der Waals surface area contributed by atoms with Gasteiger partial charge in [-0.3, -0.25) is 4.79 Å². The number of halogens is 1. The summed E-state index contributed by atoms with van der Waals surface area (Å²) >= 11 is 3.11. The van der Waals surface area contributed by atoms with Crippen molar-refractivity contribution in [2.24, 2.45) is 0 Å². The van der Waals surface area contributed by atoms with Crippen LogP contribution in [0.5, 0.6) is 0 Å². The van der Waals surface area contributed by atoms with Crippen LogP contribution in [0, 0.1) is 0 Å². The van der Waals surface area contributed by atoms with Crippen LogP contribution in [-0.4, -0.2) is 15.8 Å². The van der Waals surface area contributed by atoms with Gasteiger partial charge in [0.05, 0.1) is 5.33 Å². The molecule has 1 heterocycles. The molecule has 0 bridgehead atoms. The van der Waals surface area contributed by atoms with E-state index in [1.165, 1.54) is 0 Å². The van der Waals surface area contributed by atoms with Gasteiger partial charge in [0.25, 0.3) is 0 Å². The van der Waals surface area contributed by atoms with Gasteiger partial charge in [-0.1, -0.05) is 22.0 Å². The first-order chi connectivity index (χ1) is 7.79. The molecule has 2 aromatic rings. The first kappa shape index (κ1) is 11.0. The number of rotatable bonds is 3. The Labute approximate surface area is 102 Å². The van der Waals surface area contributed by atoms with Gasteiger partial charge in [0.15, 0.2) is 0 Å². The molecule has 16 heavy (non-hydrogen) atoms. The van der Waals surface area contributed by atoms with E-state index in [4.69, 9.17) is 0 Å². The number of nitrogens with zero attached hydrogens (tertiary/aromatic N) is 1. The molecule has 0 aliphatic heterocycles. The number of hydrogen-bond acceptors (Lipinski definition) is 1. The Kier molecular flexibility index (Phi) is 3.41. The lowest BCUT2D eigenvalue weighted by Crippen LogP contribution is -2.12. The fraction of sp³-hybridized carbons (Fsp3) is 0.0833. The molecule has 0 aliphatic carbocycles. The van der Waals surface area contributed by atoms with Crippen LogP contribution < -0.4 is 5.32 Å². The predicted molar refractivity (Wildman–Crippen MR) is 68.2 cm³/mol. The second kappa shape index (κ2) is 4.99. The quantitative estimate of drug-likeness (QED) is 0.861. The minimum absolute atomic E-state index is 0.0512. The summed E-state index contributed by atoms with van der Waals surface area (Å²) in [5, 5.41) is 3.10. The summed E-state index contributed by atoms with van der Waals surface area (Å²) in [7, 11) is 0. The molecule has 4 heteroatoms. The number of amides is 1. The fourth-order valence-electron chi connectivity index (χ4n) is 1.45. The first-order valence-electron chi connectivity index (χ1n) is 4.89. The zero-order chi connectivity index (χ0) is 11.4. The third kappa shape index (κ3) is 2.52. The summed E-state index contributed by atoms with van der Waals surface area (Å²) in [5.41, 5.74) is 1.83. The smallest absolute Gasteiger partial charge is 0.235 e. The van der Waals surface area contributed by atoms with Gasteiger partial charge in [-0.25, -0.2) is 0 Å². The Bertz CT molecular complexity index is 480.